The van der Waals surface area contributed by atoms with Crippen LogP contribution in [0.25, 0.3) is 0 Å². The van der Waals surface area contributed by atoms with Gasteiger partial charge in [0.1, 0.15) is 10.6 Å². The number of hydrogen-bond donors (Lipinski definition) is 1. The molecule has 0 aliphatic carbocycles. The molecule has 0 bridgehead atoms. The maximum absolute atomic E-state index is 9.62. The zero-order valence-electron chi connectivity index (χ0n) is 10.7. The Balaban J connectivity index is 3.07. The minimum absolute atomic E-state index is 0.322. The summed E-state index contributed by atoms with van der Waals surface area (Å²) in [4.78, 5) is 5.47. The van der Waals surface area contributed by atoms with Crippen molar-refractivity contribution in [3.63, 3.8) is 0 Å². The van der Waals surface area contributed by atoms with Gasteiger partial charge in [0.15, 0.2) is 0 Å². The summed E-state index contributed by atoms with van der Waals surface area (Å²) in [5.74, 6) is 0. The van der Waals surface area contributed by atoms with E-state index in [0.717, 1.165) is 22.0 Å². The average Bonchev–Trinajstić information content (AvgIpc) is 2.61. The lowest BCUT2D eigenvalue weighted by molar-refractivity contribution is -0.0325. The van der Waals surface area contributed by atoms with Gasteiger partial charge in [-0.05, 0) is 34.1 Å². The number of ether oxygens (including phenoxy) is 1. The Kier molecular flexibility index (Phi) is 4.47. The summed E-state index contributed by atoms with van der Waals surface area (Å²) in [6.45, 7) is 10.5. The first kappa shape index (κ1) is 13.6. The van der Waals surface area contributed by atoms with Gasteiger partial charge in [-0.2, -0.15) is 0 Å². The van der Waals surface area contributed by atoms with Crippen molar-refractivity contribution in [2.75, 3.05) is 6.61 Å². The molecule has 1 aromatic rings. The molecular formula is C12H21NO2S. The summed E-state index contributed by atoms with van der Waals surface area (Å²) >= 11 is 1.55. The number of aliphatic hydroxyl groups is 1. The van der Waals surface area contributed by atoms with Crippen LogP contribution >= 0.6 is 11.3 Å². The largest absolute Gasteiger partial charge is 0.388 e. The number of aromatic nitrogens is 1. The Labute approximate surface area is 101 Å². The predicted octanol–water partition coefficient (Wildman–Crippen LogP) is 3.17. The Hall–Kier alpha value is -0.450. The summed E-state index contributed by atoms with van der Waals surface area (Å²) in [5.41, 5.74) is 0.589. The third kappa shape index (κ3) is 2.62. The summed E-state index contributed by atoms with van der Waals surface area (Å²) in [5, 5.41) is 10.6. The Morgan fingerprint density at radius 2 is 2.12 bits per heavy atom. The molecule has 1 aromatic heterocycles. The van der Waals surface area contributed by atoms with Crippen LogP contribution in [0, 0.1) is 6.92 Å². The van der Waals surface area contributed by atoms with Crippen LogP contribution in [0.15, 0.2) is 0 Å². The van der Waals surface area contributed by atoms with Crippen LogP contribution in [0.4, 0.5) is 0 Å². The second-order valence-corrected chi connectivity index (χ2v) is 5.19. The van der Waals surface area contributed by atoms with Gasteiger partial charge in [0.2, 0.25) is 0 Å². The molecule has 1 heterocycles. The van der Waals surface area contributed by atoms with Crippen LogP contribution in [0.2, 0.25) is 0 Å². The zero-order valence-corrected chi connectivity index (χ0v) is 11.5. The summed E-state index contributed by atoms with van der Waals surface area (Å²) in [6, 6.07) is 0. The molecule has 0 saturated carbocycles. The lowest BCUT2D eigenvalue weighted by Crippen LogP contribution is -2.24. The lowest BCUT2D eigenvalue weighted by atomic mass is 10.0. The molecule has 0 aliphatic heterocycles. The minimum Gasteiger partial charge on any atom is -0.388 e. The van der Waals surface area contributed by atoms with Crippen molar-refractivity contribution in [1.29, 1.82) is 0 Å². The molecule has 4 heteroatoms. The van der Waals surface area contributed by atoms with Crippen molar-refractivity contribution in [3.8, 4) is 0 Å². The molecule has 0 spiro atoms. The van der Waals surface area contributed by atoms with E-state index in [1.807, 2.05) is 13.8 Å². The fourth-order valence-corrected chi connectivity index (χ4v) is 2.83. The van der Waals surface area contributed by atoms with Gasteiger partial charge in [-0.25, -0.2) is 4.98 Å². The van der Waals surface area contributed by atoms with Gasteiger partial charge < -0.3 is 9.84 Å². The Morgan fingerprint density at radius 1 is 1.50 bits per heavy atom. The SMILES string of the molecule is CCOC(C)(CC)c1nc(C)c(C(C)O)s1. The molecule has 2 atom stereocenters. The van der Waals surface area contributed by atoms with Gasteiger partial charge in [0, 0.05) is 6.61 Å². The van der Waals surface area contributed by atoms with Gasteiger partial charge in [-0.1, -0.05) is 6.92 Å². The van der Waals surface area contributed by atoms with E-state index in [1.165, 1.54) is 0 Å². The summed E-state index contributed by atoms with van der Waals surface area (Å²) < 4.78 is 5.78. The predicted molar refractivity (Wildman–Crippen MR) is 66.8 cm³/mol. The molecule has 0 amide bonds. The van der Waals surface area contributed by atoms with Gasteiger partial charge in [0.25, 0.3) is 0 Å². The maximum atomic E-state index is 9.62. The number of rotatable bonds is 5. The van der Waals surface area contributed by atoms with E-state index in [-0.39, 0.29) is 5.60 Å². The van der Waals surface area contributed by atoms with Crippen molar-refractivity contribution in [2.45, 2.75) is 52.7 Å². The average molecular weight is 243 g/mol. The molecule has 0 saturated heterocycles. The summed E-state index contributed by atoms with van der Waals surface area (Å²) in [6.07, 6.45) is 0.432. The number of aryl methyl sites for hydroxylation is 1. The molecular weight excluding hydrogens is 222 g/mol. The van der Waals surface area contributed by atoms with Crippen LogP contribution in [-0.2, 0) is 10.3 Å². The third-order valence-corrected chi connectivity index (χ3v) is 4.37. The van der Waals surface area contributed by atoms with E-state index in [9.17, 15) is 5.11 Å². The highest BCUT2D eigenvalue weighted by Gasteiger charge is 2.30. The highest BCUT2D eigenvalue weighted by Crippen LogP contribution is 2.35. The monoisotopic (exact) mass is 243 g/mol. The van der Waals surface area contributed by atoms with E-state index in [4.69, 9.17) is 4.74 Å². The topological polar surface area (TPSA) is 42.4 Å². The molecule has 3 nitrogen and oxygen atoms in total. The quantitative estimate of drug-likeness (QED) is 0.863. The van der Waals surface area contributed by atoms with E-state index in [1.54, 1.807) is 18.3 Å². The van der Waals surface area contributed by atoms with Gasteiger partial charge in [-0.3, -0.25) is 0 Å². The van der Waals surface area contributed by atoms with Crippen LogP contribution in [0.1, 0.15) is 55.8 Å². The van der Waals surface area contributed by atoms with Crippen LogP contribution in [0.5, 0.6) is 0 Å². The van der Waals surface area contributed by atoms with Crippen LogP contribution < -0.4 is 0 Å². The molecule has 2 unspecified atom stereocenters. The second-order valence-electron chi connectivity index (χ2n) is 4.16. The minimum atomic E-state index is -0.450. The number of aliphatic hydroxyl groups excluding tert-OH is 1. The normalized spacial score (nSPS) is 17.1. The van der Waals surface area contributed by atoms with E-state index >= 15 is 0 Å². The Morgan fingerprint density at radius 3 is 2.50 bits per heavy atom. The number of nitrogens with zero attached hydrogens (tertiary/aromatic N) is 1. The maximum Gasteiger partial charge on any atom is 0.125 e. The molecule has 1 rings (SSSR count). The fourth-order valence-electron chi connectivity index (χ4n) is 1.66. The second kappa shape index (κ2) is 5.25. The third-order valence-electron chi connectivity index (χ3n) is 2.80. The van der Waals surface area contributed by atoms with Gasteiger partial charge in [-0.15, -0.1) is 11.3 Å². The molecule has 16 heavy (non-hydrogen) atoms. The van der Waals surface area contributed by atoms with Crippen molar-refractivity contribution in [2.24, 2.45) is 0 Å². The number of hydrogen-bond acceptors (Lipinski definition) is 4. The molecule has 0 aromatic carbocycles. The molecule has 1 N–H and O–H groups in total. The smallest absolute Gasteiger partial charge is 0.125 e. The standard InChI is InChI=1S/C12H21NO2S/c1-6-12(5,15-7-2)11-13-8(3)10(16-11)9(4)14/h9,14H,6-7H2,1-5H3. The van der Waals surface area contributed by atoms with Crippen LogP contribution in [-0.4, -0.2) is 16.7 Å². The molecule has 92 valence electrons. The Bertz CT molecular complexity index is 349. The molecule has 0 fully saturated rings. The van der Waals surface area contributed by atoms with Gasteiger partial charge >= 0.3 is 0 Å². The molecule has 0 aliphatic rings. The van der Waals surface area contributed by atoms with E-state index < -0.39 is 6.10 Å². The van der Waals surface area contributed by atoms with E-state index in [2.05, 4.69) is 18.8 Å². The van der Waals surface area contributed by atoms with Crippen molar-refractivity contribution >= 4 is 11.3 Å². The lowest BCUT2D eigenvalue weighted by Gasteiger charge is -2.25. The van der Waals surface area contributed by atoms with E-state index in [0.29, 0.717) is 6.61 Å². The molecule has 0 radical (unpaired) electrons. The number of thiazole rings is 1. The summed E-state index contributed by atoms with van der Waals surface area (Å²) in [7, 11) is 0. The van der Waals surface area contributed by atoms with Crippen molar-refractivity contribution in [1.82, 2.24) is 4.98 Å². The van der Waals surface area contributed by atoms with Gasteiger partial charge in [0.05, 0.1) is 16.7 Å². The first-order valence-corrected chi connectivity index (χ1v) is 6.56. The fraction of sp³-hybridized carbons (Fsp3) is 0.750. The zero-order chi connectivity index (χ0) is 12.3. The highest BCUT2D eigenvalue weighted by atomic mass is 32.1. The van der Waals surface area contributed by atoms with Crippen molar-refractivity contribution < 1.29 is 9.84 Å². The highest BCUT2D eigenvalue weighted by molar-refractivity contribution is 7.12. The first-order valence-electron chi connectivity index (χ1n) is 5.74. The first-order chi connectivity index (χ1) is 7.44. The van der Waals surface area contributed by atoms with Crippen molar-refractivity contribution in [3.05, 3.63) is 15.6 Å². The van der Waals surface area contributed by atoms with Crippen LogP contribution in [0.3, 0.4) is 0 Å².